The third-order valence-corrected chi connectivity index (χ3v) is 3.23. The predicted octanol–water partition coefficient (Wildman–Crippen LogP) is 2.72. The monoisotopic (exact) mass is 293 g/mol. The fraction of sp³-hybridized carbons (Fsp3) is 0.0625. The van der Waals surface area contributed by atoms with Crippen LogP contribution in [0.1, 0.15) is 5.56 Å². The molecule has 0 aliphatic heterocycles. The standard InChI is InChI=1S/C16H12FN5/c17-14-9-12(3-6-15(14)19)16-20-10-22(21-16)13-4-1-11(2-5-13)7-8-18/h1-6,9-10H,7,19H2. The molecule has 6 heteroatoms. The Kier molecular flexibility index (Phi) is 3.54. The molecule has 0 bridgehead atoms. The zero-order valence-corrected chi connectivity index (χ0v) is 11.6. The fourth-order valence-corrected chi connectivity index (χ4v) is 2.04. The molecule has 22 heavy (non-hydrogen) atoms. The summed E-state index contributed by atoms with van der Waals surface area (Å²) in [4.78, 5) is 4.18. The molecular weight excluding hydrogens is 281 g/mol. The maximum Gasteiger partial charge on any atom is 0.181 e. The third-order valence-electron chi connectivity index (χ3n) is 3.23. The molecule has 0 amide bonds. The molecule has 0 aliphatic carbocycles. The average Bonchev–Trinajstić information content (AvgIpc) is 3.01. The molecular formula is C16H12FN5. The zero-order chi connectivity index (χ0) is 15.5. The summed E-state index contributed by atoms with van der Waals surface area (Å²) in [5, 5.41) is 13.0. The molecule has 0 spiro atoms. The molecule has 0 radical (unpaired) electrons. The molecule has 2 aromatic carbocycles. The van der Waals surface area contributed by atoms with E-state index in [2.05, 4.69) is 16.2 Å². The summed E-state index contributed by atoms with van der Waals surface area (Å²) in [5.41, 5.74) is 7.87. The smallest absolute Gasteiger partial charge is 0.181 e. The minimum Gasteiger partial charge on any atom is -0.396 e. The van der Waals surface area contributed by atoms with E-state index in [1.54, 1.807) is 17.1 Å². The van der Waals surface area contributed by atoms with Crippen LogP contribution in [0.3, 0.4) is 0 Å². The lowest BCUT2D eigenvalue weighted by Gasteiger charge is -2.01. The summed E-state index contributed by atoms with van der Waals surface area (Å²) in [6, 6.07) is 14.0. The van der Waals surface area contributed by atoms with Crippen molar-refractivity contribution in [1.29, 1.82) is 5.26 Å². The van der Waals surface area contributed by atoms with Crippen LogP contribution in [0.5, 0.6) is 0 Å². The zero-order valence-electron chi connectivity index (χ0n) is 11.6. The summed E-state index contributed by atoms with van der Waals surface area (Å²) in [6.07, 6.45) is 1.93. The van der Waals surface area contributed by atoms with Gasteiger partial charge in [0.25, 0.3) is 0 Å². The summed E-state index contributed by atoms with van der Waals surface area (Å²) < 4.78 is 15.1. The molecule has 1 aromatic heterocycles. The SMILES string of the molecule is N#CCc1ccc(-n2cnc(-c3ccc(N)c(F)c3)n2)cc1. The normalized spacial score (nSPS) is 10.4. The van der Waals surface area contributed by atoms with Crippen LogP contribution in [-0.2, 0) is 6.42 Å². The van der Waals surface area contributed by atoms with Gasteiger partial charge < -0.3 is 5.73 Å². The van der Waals surface area contributed by atoms with Gasteiger partial charge in [-0.3, -0.25) is 0 Å². The van der Waals surface area contributed by atoms with Crippen molar-refractivity contribution in [3.05, 3.63) is 60.2 Å². The summed E-state index contributed by atoms with van der Waals surface area (Å²) >= 11 is 0. The maximum absolute atomic E-state index is 13.5. The number of hydrogen-bond acceptors (Lipinski definition) is 4. The lowest BCUT2D eigenvalue weighted by Crippen LogP contribution is -1.96. The Morgan fingerprint density at radius 2 is 1.95 bits per heavy atom. The fourth-order valence-electron chi connectivity index (χ4n) is 2.04. The van der Waals surface area contributed by atoms with Crippen molar-refractivity contribution in [2.24, 2.45) is 0 Å². The topological polar surface area (TPSA) is 80.5 Å². The number of nitrogen functional groups attached to an aromatic ring is 1. The van der Waals surface area contributed by atoms with E-state index in [-0.39, 0.29) is 5.69 Å². The highest BCUT2D eigenvalue weighted by atomic mass is 19.1. The Morgan fingerprint density at radius 3 is 2.64 bits per heavy atom. The highest BCUT2D eigenvalue weighted by molar-refractivity contribution is 5.59. The first-order valence-corrected chi connectivity index (χ1v) is 6.60. The third kappa shape index (κ3) is 2.65. The van der Waals surface area contributed by atoms with Crippen molar-refractivity contribution in [2.75, 3.05) is 5.73 Å². The van der Waals surface area contributed by atoms with Gasteiger partial charge in [-0.25, -0.2) is 14.1 Å². The molecule has 0 fully saturated rings. The van der Waals surface area contributed by atoms with Gasteiger partial charge in [0.1, 0.15) is 12.1 Å². The Morgan fingerprint density at radius 1 is 1.18 bits per heavy atom. The Labute approximate surface area is 126 Å². The van der Waals surface area contributed by atoms with Crippen molar-refractivity contribution in [1.82, 2.24) is 14.8 Å². The first-order valence-electron chi connectivity index (χ1n) is 6.60. The predicted molar refractivity (Wildman–Crippen MR) is 80.5 cm³/mol. The molecule has 0 saturated heterocycles. The Hall–Kier alpha value is -3.20. The quantitative estimate of drug-likeness (QED) is 0.753. The number of aromatic nitrogens is 3. The van der Waals surface area contributed by atoms with E-state index >= 15 is 0 Å². The van der Waals surface area contributed by atoms with Crippen LogP contribution in [0.25, 0.3) is 17.1 Å². The van der Waals surface area contributed by atoms with E-state index in [0.717, 1.165) is 11.3 Å². The van der Waals surface area contributed by atoms with E-state index < -0.39 is 5.82 Å². The summed E-state index contributed by atoms with van der Waals surface area (Å²) in [6.45, 7) is 0. The second kappa shape index (κ2) is 5.66. The molecule has 0 saturated carbocycles. The van der Waals surface area contributed by atoms with Gasteiger partial charge in [0, 0.05) is 5.56 Å². The van der Waals surface area contributed by atoms with E-state index in [9.17, 15) is 4.39 Å². The van der Waals surface area contributed by atoms with Gasteiger partial charge in [0.05, 0.1) is 23.9 Å². The van der Waals surface area contributed by atoms with Crippen molar-refractivity contribution < 1.29 is 4.39 Å². The van der Waals surface area contributed by atoms with E-state index in [1.165, 1.54) is 12.1 Å². The second-order valence-corrected chi connectivity index (χ2v) is 4.75. The molecule has 0 atom stereocenters. The molecule has 0 aliphatic rings. The first-order chi connectivity index (χ1) is 10.7. The number of anilines is 1. The van der Waals surface area contributed by atoms with Crippen LogP contribution in [0.15, 0.2) is 48.8 Å². The molecule has 1 heterocycles. The Balaban J connectivity index is 1.90. The molecule has 3 aromatic rings. The van der Waals surface area contributed by atoms with Crippen LogP contribution in [-0.4, -0.2) is 14.8 Å². The van der Waals surface area contributed by atoms with Gasteiger partial charge in [0.15, 0.2) is 5.82 Å². The van der Waals surface area contributed by atoms with Gasteiger partial charge in [-0.05, 0) is 35.9 Å². The summed E-state index contributed by atoms with van der Waals surface area (Å²) in [5.74, 6) is -0.0743. The number of benzene rings is 2. The van der Waals surface area contributed by atoms with E-state index in [4.69, 9.17) is 11.0 Å². The minimum atomic E-state index is -0.491. The number of nitrogens with zero attached hydrogens (tertiary/aromatic N) is 4. The van der Waals surface area contributed by atoms with Gasteiger partial charge >= 0.3 is 0 Å². The molecule has 2 N–H and O–H groups in total. The average molecular weight is 293 g/mol. The number of hydrogen-bond donors (Lipinski definition) is 1. The van der Waals surface area contributed by atoms with Crippen LogP contribution in [0.2, 0.25) is 0 Å². The van der Waals surface area contributed by atoms with Gasteiger partial charge in [-0.15, -0.1) is 5.10 Å². The largest absolute Gasteiger partial charge is 0.396 e. The van der Waals surface area contributed by atoms with Crippen molar-refractivity contribution in [3.8, 4) is 23.1 Å². The van der Waals surface area contributed by atoms with Crippen LogP contribution < -0.4 is 5.73 Å². The number of halogens is 1. The lowest BCUT2D eigenvalue weighted by atomic mass is 10.1. The molecule has 5 nitrogen and oxygen atoms in total. The highest BCUT2D eigenvalue weighted by Gasteiger charge is 2.08. The number of nitrogens with two attached hydrogens (primary N) is 1. The van der Waals surface area contributed by atoms with Crippen molar-refractivity contribution >= 4 is 5.69 Å². The molecule has 3 rings (SSSR count). The highest BCUT2D eigenvalue weighted by Crippen LogP contribution is 2.20. The van der Waals surface area contributed by atoms with Gasteiger partial charge in [0.2, 0.25) is 0 Å². The van der Waals surface area contributed by atoms with E-state index in [0.29, 0.717) is 17.8 Å². The minimum absolute atomic E-state index is 0.0938. The second-order valence-electron chi connectivity index (χ2n) is 4.75. The van der Waals surface area contributed by atoms with Crippen LogP contribution in [0.4, 0.5) is 10.1 Å². The lowest BCUT2D eigenvalue weighted by molar-refractivity contribution is 0.633. The van der Waals surface area contributed by atoms with Crippen molar-refractivity contribution in [3.63, 3.8) is 0 Å². The van der Waals surface area contributed by atoms with Gasteiger partial charge in [-0.2, -0.15) is 5.26 Å². The van der Waals surface area contributed by atoms with Gasteiger partial charge in [-0.1, -0.05) is 12.1 Å². The van der Waals surface area contributed by atoms with Crippen molar-refractivity contribution in [2.45, 2.75) is 6.42 Å². The van der Waals surface area contributed by atoms with Crippen LogP contribution in [0, 0.1) is 17.1 Å². The maximum atomic E-state index is 13.5. The van der Waals surface area contributed by atoms with E-state index in [1.807, 2.05) is 24.3 Å². The molecule has 108 valence electrons. The molecule has 0 unspecified atom stereocenters. The number of nitriles is 1. The summed E-state index contributed by atoms with van der Waals surface area (Å²) in [7, 11) is 0. The Bertz CT molecular complexity index is 846. The number of rotatable bonds is 3. The van der Waals surface area contributed by atoms with Crippen LogP contribution >= 0.6 is 0 Å². The first kappa shape index (κ1) is 13.8.